The molecule has 130 valence electrons. The number of nitrogens with one attached hydrogen (secondary N) is 1. The van der Waals surface area contributed by atoms with Crippen LogP contribution in [0, 0.1) is 5.92 Å². The molecule has 2 N–H and O–H groups in total. The third-order valence-electron chi connectivity index (χ3n) is 3.99. The highest BCUT2D eigenvalue weighted by Gasteiger charge is 2.34. The summed E-state index contributed by atoms with van der Waals surface area (Å²) in [6.07, 6.45) is 1.25. The molecule has 1 aromatic carbocycles. The molecule has 1 saturated heterocycles. The summed E-state index contributed by atoms with van der Waals surface area (Å²) in [5.41, 5.74) is 0.364. The minimum Gasteiger partial charge on any atom is -0.481 e. The van der Waals surface area contributed by atoms with Crippen LogP contribution < -0.4 is 5.32 Å². The third kappa shape index (κ3) is 4.19. The highest BCUT2D eigenvalue weighted by Crippen LogP contribution is 2.25. The number of nitrogens with zero attached hydrogens (tertiary/aromatic N) is 1. The number of rotatable bonds is 5. The number of hydrogen-bond acceptors (Lipinski definition) is 3. The van der Waals surface area contributed by atoms with Crippen molar-refractivity contribution in [1.82, 2.24) is 10.2 Å². The lowest BCUT2D eigenvalue weighted by Gasteiger charge is -2.24. The second-order valence-corrected chi connectivity index (χ2v) is 6.58. The molecule has 0 aliphatic carbocycles. The molecule has 0 spiro atoms. The quantitative estimate of drug-likeness (QED) is 0.830. The summed E-state index contributed by atoms with van der Waals surface area (Å²) in [4.78, 5) is 37.2. The normalized spacial score (nSPS) is 18.3. The fourth-order valence-electron chi connectivity index (χ4n) is 2.54. The highest BCUT2D eigenvalue weighted by molar-refractivity contribution is 6.42. The lowest BCUT2D eigenvalue weighted by Crippen LogP contribution is -2.47. The first-order valence-electron chi connectivity index (χ1n) is 7.57. The molecule has 8 heteroatoms. The topological polar surface area (TPSA) is 86.7 Å². The van der Waals surface area contributed by atoms with Gasteiger partial charge in [-0.25, -0.2) is 0 Å². The Morgan fingerprint density at radius 1 is 1.33 bits per heavy atom. The van der Waals surface area contributed by atoms with Gasteiger partial charge in [0.25, 0.3) is 5.91 Å². The number of benzene rings is 1. The van der Waals surface area contributed by atoms with Crippen LogP contribution in [-0.4, -0.2) is 46.9 Å². The predicted molar refractivity (Wildman–Crippen MR) is 90.3 cm³/mol. The zero-order valence-electron chi connectivity index (χ0n) is 13.1. The summed E-state index contributed by atoms with van der Waals surface area (Å²) in [5.74, 6) is -2.30. The SMILES string of the molecule is CC(CNC(=O)C1CCCN1C(=O)c1ccc(Cl)c(Cl)c1)C(=O)O. The second-order valence-electron chi connectivity index (χ2n) is 5.77. The molecule has 0 radical (unpaired) electrons. The Kier molecular flexibility index (Phi) is 6.07. The van der Waals surface area contributed by atoms with Gasteiger partial charge in [-0.3, -0.25) is 14.4 Å². The van der Waals surface area contributed by atoms with E-state index in [0.717, 1.165) is 0 Å². The number of halogens is 2. The van der Waals surface area contributed by atoms with Crippen molar-refractivity contribution in [2.24, 2.45) is 5.92 Å². The fourth-order valence-corrected chi connectivity index (χ4v) is 2.83. The minimum absolute atomic E-state index is 0.0273. The zero-order chi connectivity index (χ0) is 17.9. The summed E-state index contributed by atoms with van der Waals surface area (Å²) in [5, 5.41) is 12.1. The van der Waals surface area contributed by atoms with Crippen molar-refractivity contribution in [2.45, 2.75) is 25.8 Å². The van der Waals surface area contributed by atoms with Crippen LogP contribution in [0.25, 0.3) is 0 Å². The molecule has 24 heavy (non-hydrogen) atoms. The number of hydrogen-bond donors (Lipinski definition) is 2. The Balaban J connectivity index is 2.06. The molecule has 2 unspecified atom stereocenters. The lowest BCUT2D eigenvalue weighted by atomic mass is 10.1. The molecule has 0 aromatic heterocycles. The van der Waals surface area contributed by atoms with E-state index in [-0.39, 0.29) is 23.4 Å². The van der Waals surface area contributed by atoms with Crippen molar-refractivity contribution in [1.29, 1.82) is 0 Å². The molecular formula is C16H18Cl2N2O4. The summed E-state index contributed by atoms with van der Waals surface area (Å²) in [6, 6.07) is 3.98. The van der Waals surface area contributed by atoms with Crippen LogP contribution in [0.5, 0.6) is 0 Å². The summed E-state index contributed by atoms with van der Waals surface area (Å²) < 4.78 is 0. The van der Waals surface area contributed by atoms with Gasteiger partial charge in [0.15, 0.2) is 0 Å². The summed E-state index contributed by atoms with van der Waals surface area (Å²) >= 11 is 11.8. The lowest BCUT2D eigenvalue weighted by molar-refractivity contribution is -0.141. The Morgan fingerprint density at radius 2 is 2.04 bits per heavy atom. The average Bonchev–Trinajstić information content (AvgIpc) is 3.03. The van der Waals surface area contributed by atoms with Crippen LogP contribution >= 0.6 is 23.2 Å². The first-order chi connectivity index (χ1) is 11.3. The molecule has 6 nitrogen and oxygen atoms in total. The highest BCUT2D eigenvalue weighted by atomic mass is 35.5. The van der Waals surface area contributed by atoms with Crippen LogP contribution in [0.3, 0.4) is 0 Å². The monoisotopic (exact) mass is 372 g/mol. The van der Waals surface area contributed by atoms with E-state index in [0.29, 0.717) is 30.0 Å². The first kappa shape index (κ1) is 18.5. The molecule has 1 aliphatic heterocycles. The molecule has 0 saturated carbocycles. The van der Waals surface area contributed by atoms with Crippen LogP contribution in [-0.2, 0) is 9.59 Å². The van der Waals surface area contributed by atoms with Crippen LogP contribution in [0.4, 0.5) is 0 Å². The van der Waals surface area contributed by atoms with E-state index in [1.807, 2.05) is 0 Å². The summed E-state index contributed by atoms with van der Waals surface area (Å²) in [6.45, 7) is 2.00. The van der Waals surface area contributed by atoms with Gasteiger partial charge in [-0.1, -0.05) is 30.1 Å². The van der Waals surface area contributed by atoms with Crippen molar-refractivity contribution in [3.8, 4) is 0 Å². The number of likely N-dealkylation sites (tertiary alicyclic amines) is 1. The van der Waals surface area contributed by atoms with Gasteiger partial charge in [-0.15, -0.1) is 0 Å². The van der Waals surface area contributed by atoms with E-state index >= 15 is 0 Å². The second kappa shape index (κ2) is 7.85. The van der Waals surface area contributed by atoms with Crippen molar-refractivity contribution in [3.05, 3.63) is 33.8 Å². The van der Waals surface area contributed by atoms with Gasteiger partial charge in [0, 0.05) is 18.7 Å². The fraction of sp³-hybridized carbons (Fsp3) is 0.438. The van der Waals surface area contributed by atoms with Crippen molar-refractivity contribution in [3.63, 3.8) is 0 Å². The number of aliphatic carboxylic acids is 1. The molecule has 2 amide bonds. The van der Waals surface area contributed by atoms with Crippen LogP contribution in [0.2, 0.25) is 10.0 Å². The maximum absolute atomic E-state index is 12.6. The number of carboxylic acid groups (broad SMARTS) is 1. The molecule has 0 bridgehead atoms. The minimum atomic E-state index is -0.981. The Labute approximate surface area is 149 Å². The van der Waals surface area contributed by atoms with Gasteiger partial charge in [-0.2, -0.15) is 0 Å². The predicted octanol–water partition coefficient (Wildman–Crippen LogP) is 2.43. The van der Waals surface area contributed by atoms with Gasteiger partial charge in [0.2, 0.25) is 5.91 Å². The van der Waals surface area contributed by atoms with Crippen molar-refractivity contribution < 1.29 is 19.5 Å². The van der Waals surface area contributed by atoms with Gasteiger partial charge in [-0.05, 0) is 31.0 Å². The van der Waals surface area contributed by atoms with E-state index in [9.17, 15) is 14.4 Å². The number of carbonyl (C=O) groups excluding carboxylic acids is 2. The zero-order valence-corrected chi connectivity index (χ0v) is 14.6. The number of amides is 2. The van der Waals surface area contributed by atoms with Crippen LogP contribution in [0.1, 0.15) is 30.1 Å². The smallest absolute Gasteiger partial charge is 0.308 e. The van der Waals surface area contributed by atoms with Gasteiger partial charge >= 0.3 is 5.97 Å². The van der Waals surface area contributed by atoms with Gasteiger partial charge in [0.1, 0.15) is 6.04 Å². The Hall–Kier alpha value is -1.79. The molecule has 1 aliphatic rings. The van der Waals surface area contributed by atoms with E-state index in [4.69, 9.17) is 28.3 Å². The van der Waals surface area contributed by atoms with Crippen molar-refractivity contribution in [2.75, 3.05) is 13.1 Å². The summed E-state index contributed by atoms with van der Waals surface area (Å²) in [7, 11) is 0. The molecule has 2 rings (SSSR count). The standard InChI is InChI=1S/C16H18Cl2N2O4/c1-9(16(23)24)8-19-14(21)13-3-2-6-20(13)15(22)10-4-5-11(17)12(18)7-10/h4-5,7,9,13H,2-3,6,8H2,1H3,(H,19,21)(H,23,24). The van der Waals surface area contributed by atoms with E-state index in [2.05, 4.69) is 5.32 Å². The van der Waals surface area contributed by atoms with Crippen molar-refractivity contribution >= 4 is 41.0 Å². The maximum atomic E-state index is 12.6. The average molecular weight is 373 g/mol. The molecule has 2 atom stereocenters. The van der Waals surface area contributed by atoms with E-state index in [1.165, 1.54) is 24.0 Å². The Bertz CT molecular complexity index is 665. The van der Waals surface area contributed by atoms with Gasteiger partial charge in [0.05, 0.1) is 16.0 Å². The first-order valence-corrected chi connectivity index (χ1v) is 8.33. The number of carboxylic acids is 1. The molecular weight excluding hydrogens is 355 g/mol. The van der Waals surface area contributed by atoms with E-state index < -0.39 is 17.9 Å². The Morgan fingerprint density at radius 3 is 2.67 bits per heavy atom. The largest absolute Gasteiger partial charge is 0.481 e. The number of carbonyl (C=O) groups is 3. The third-order valence-corrected chi connectivity index (χ3v) is 4.73. The molecule has 1 heterocycles. The molecule has 1 aromatic rings. The van der Waals surface area contributed by atoms with Crippen LogP contribution in [0.15, 0.2) is 18.2 Å². The molecule has 1 fully saturated rings. The maximum Gasteiger partial charge on any atom is 0.308 e. The van der Waals surface area contributed by atoms with Gasteiger partial charge < -0.3 is 15.3 Å². The van der Waals surface area contributed by atoms with E-state index in [1.54, 1.807) is 6.07 Å².